The van der Waals surface area contributed by atoms with Crippen LogP contribution in [0.5, 0.6) is 0 Å². The van der Waals surface area contributed by atoms with Gasteiger partial charge in [-0.15, -0.1) is 0 Å². The molecule has 0 aromatic heterocycles. The van der Waals surface area contributed by atoms with Gasteiger partial charge in [0.1, 0.15) is 5.79 Å². The van der Waals surface area contributed by atoms with E-state index in [2.05, 4.69) is 0 Å². The molecule has 0 saturated heterocycles. The Balaban J connectivity index is 0. The number of hydrogen-bond acceptors (Lipinski definition) is 6. The van der Waals surface area contributed by atoms with E-state index in [1.54, 1.807) is 0 Å². The van der Waals surface area contributed by atoms with Crippen molar-refractivity contribution < 1.29 is 0 Å². The van der Waals surface area contributed by atoms with Crippen LogP contribution in [0.1, 0.15) is 38.5 Å². The molecule has 16 heavy (non-hydrogen) atoms. The molecule has 0 aromatic carbocycles. The van der Waals surface area contributed by atoms with Gasteiger partial charge in [0.2, 0.25) is 0 Å². The Labute approximate surface area is 99.1 Å². The molecule has 0 radical (unpaired) electrons. The standard InChI is InChI=1S/C5H16N4.C5H14N2/c6-4-2-1-3-5(7,8)9;6-4-2-1-3-5-7/h1-4,6-9H2;1-7H2. The first-order valence-electron chi connectivity index (χ1n) is 5.94. The van der Waals surface area contributed by atoms with Crippen LogP contribution in [0.3, 0.4) is 0 Å². The van der Waals surface area contributed by atoms with Gasteiger partial charge in [-0.2, -0.15) is 0 Å². The maximum absolute atomic E-state index is 5.29. The highest BCUT2D eigenvalue weighted by atomic mass is 15.1. The lowest BCUT2D eigenvalue weighted by atomic mass is 10.1. The molecule has 100 valence electrons. The van der Waals surface area contributed by atoms with Gasteiger partial charge >= 0.3 is 0 Å². The van der Waals surface area contributed by atoms with E-state index in [9.17, 15) is 0 Å². The number of hydrogen-bond donors (Lipinski definition) is 6. The molecule has 0 fully saturated rings. The van der Waals surface area contributed by atoms with E-state index in [0.29, 0.717) is 13.0 Å². The van der Waals surface area contributed by atoms with Gasteiger partial charge in [-0.05, 0) is 51.7 Å². The molecule has 0 rings (SSSR count). The molecule has 0 aromatic rings. The molecule has 0 unspecified atom stereocenters. The SMILES string of the molecule is NCCCCC(N)(N)N.NCCCCCN. The summed E-state index contributed by atoms with van der Waals surface area (Å²) < 4.78 is 0. The minimum atomic E-state index is -1.00. The summed E-state index contributed by atoms with van der Waals surface area (Å²) in [5.74, 6) is -1.00. The van der Waals surface area contributed by atoms with Gasteiger partial charge in [0.05, 0.1) is 0 Å². The van der Waals surface area contributed by atoms with E-state index in [-0.39, 0.29) is 0 Å². The quantitative estimate of drug-likeness (QED) is 0.227. The summed E-state index contributed by atoms with van der Waals surface area (Å²) >= 11 is 0. The van der Waals surface area contributed by atoms with Crippen molar-refractivity contribution in [2.45, 2.75) is 44.3 Å². The van der Waals surface area contributed by atoms with Gasteiger partial charge in [0, 0.05) is 0 Å². The third-order valence-electron chi connectivity index (χ3n) is 1.97. The summed E-state index contributed by atoms with van der Waals surface area (Å²) in [5.41, 5.74) is 31.6. The zero-order valence-electron chi connectivity index (χ0n) is 10.3. The summed E-state index contributed by atoms with van der Waals surface area (Å²) in [6.07, 6.45) is 5.90. The second-order valence-corrected chi connectivity index (χ2v) is 4.00. The van der Waals surface area contributed by atoms with Crippen LogP contribution >= 0.6 is 0 Å². The van der Waals surface area contributed by atoms with Gasteiger partial charge in [-0.1, -0.05) is 6.42 Å². The Morgan fingerprint density at radius 3 is 1.25 bits per heavy atom. The maximum Gasteiger partial charge on any atom is 0.115 e. The highest BCUT2D eigenvalue weighted by molar-refractivity contribution is 4.66. The summed E-state index contributed by atoms with van der Waals surface area (Å²) in [6.45, 7) is 2.29. The van der Waals surface area contributed by atoms with Crippen LogP contribution in [0.2, 0.25) is 0 Å². The first kappa shape index (κ1) is 18.1. The summed E-state index contributed by atoms with van der Waals surface area (Å²) in [5, 5.41) is 0. The van der Waals surface area contributed by atoms with Crippen LogP contribution in [0.25, 0.3) is 0 Å². The van der Waals surface area contributed by atoms with E-state index in [1.165, 1.54) is 6.42 Å². The van der Waals surface area contributed by atoms with Gasteiger partial charge in [-0.25, -0.2) is 0 Å². The Hall–Kier alpha value is -0.240. The second kappa shape index (κ2) is 12.8. The van der Waals surface area contributed by atoms with Crippen molar-refractivity contribution in [2.24, 2.45) is 34.4 Å². The molecule has 0 atom stereocenters. The first-order valence-corrected chi connectivity index (χ1v) is 5.94. The molecule has 0 heterocycles. The third kappa shape index (κ3) is 23.5. The molecule has 12 N–H and O–H groups in total. The van der Waals surface area contributed by atoms with E-state index in [4.69, 9.17) is 34.4 Å². The fourth-order valence-corrected chi connectivity index (χ4v) is 1.04. The normalized spacial score (nSPS) is 10.9. The van der Waals surface area contributed by atoms with Crippen LogP contribution < -0.4 is 34.4 Å². The minimum Gasteiger partial charge on any atom is -0.330 e. The molecular weight excluding hydrogens is 204 g/mol. The molecular formula is C10H30N6. The highest BCUT2D eigenvalue weighted by Gasteiger charge is 2.09. The Morgan fingerprint density at radius 2 is 0.938 bits per heavy atom. The topological polar surface area (TPSA) is 156 Å². The van der Waals surface area contributed by atoms with Gasteiger partial charge in [0.15, 0.2) is 0 Å². The second-order valence-electron chi connectivity index (χ2n) is 4.00. The number of rotatable bonds is 8. The smallest absolute Gasteiger partial charge is 0.115 e. The summed E-state index contributed by atoms with van der Waals surface area (Å²) in [4.78, 5) is 0. The lowest BCUT2D eigenvalue weighted by Gasteiger charge is -2.17. The van der Waals surface area contributed by atoms with Gasteiger partial charge in [-0.3, -0.25) is 0 Å². The number of unbranched alkanes of at least 4 members (excludes halogenated alkanes) is 3. The minimum absolute atomic E-state index is 0.629. The monoisotopic (exact) mass is 234 g/mol. The maximum atomic E-state index is 5.29. The summed E-state index contributed by atoms with van der Waals surface area (Å²) in [7, 11) is 0. The average Bonchev–Trinajstić information content (AvgIpc) is 2.18. The summed E-state index contributed by atoms with van der Waals surface area (Å²) in [6, 6.07) is 0. The fraction of sp³-hybridized carbons (Fsp3) is 1.00. The Kier molecular flexibility index (Phi) is 14.5. The van der Waals surface area contributed by atoms with Crippen LogP contribution in [-0.2, 0) is 0 Å². The molecule has 0 saturated carbocycles. The lowest BCUT2D eigenvalue weighted by Crippen LogP contribution is -2.57. The molecule has 6 nitrogen and oxygen atoms in total. The third-order valence-corrected chi connectivity index (χ3v) is 1.97. The predicted octanol–water partition coefficient (Wildman–Crippen LogP) is -1.28. The molecule has 0 amide bonds. The van der Waals surface area contributed by atoms with Crippen molar-refractivity contribution in [1.29, 1.82) is 0 Å². The molecule has 0 aliphatic rings. The van der Waals surface area contributed by atoms with Crippen molar-refractivity contribution in [3.63, 3.8) is 0 Å². The van der Waals surface area contributed by atoms with Gasteiger partial charge < -0.3 is 34.4 Å². The molecule has 0 bridgehead atoms. The first-order chi connectivity index (χ1) is 7.47. The predicted molar refractivity (Wildman–Crippen MR) is 70.2 cm³/mol. The van der Waals surface area contributed by atoms with Gasteiger partial charge in [0.25, 0.3) is 0 Å². The Bertz CT molecular complexity index is 119. The average molecular weight is 234 g/mol. The highest BCUT2D eigenvalue weighted by Crippen LogP contribution is 1.97. The van der Waals surface area contributed by atoms with Crippen LogP contribution in [0.15, 0.2) is 0 Å². The fourth-order valence-electron chi connectivity index (χ4n) is 1.04. The molecule has 0 aliphatic carbocycles. The van der Waals surface area contributed by atoms with Crippen LogP contribution in [0, 0.1) is 0 Å². The van der Waals surface area contributed by atoms with Crippen LogP contribution in [0.4, 0.5) is 0 Å². The van der Waals surface area contributed by atoms with Crippen molar-refractivity contribution in [1.82, 2.24) is 0 Å². The zero-order valence-corrected chi connectivity index (χ0v) is 10.3. The largest absolute Gasteiger partial charge is 0.330 e. The Morgan fingerprint density at radius 1 is 0.562 bits per heavy atom. The molecule has 6 heteroatoms. The van der Waals surface area contributed by atoms with Crippen molar-refractivity contribution in [3.8, 4) is 0 Å². The van der Waals surface area contributed by atoms with Crippen molar-refractivity contribution in [2.75, 3.05) is 19.6 Å². The van der Waals surface area contributed by atoms with E-state index >= 15 is 0 Å². The van der Waals surface area contributed by atoms with Crippen molar-refractivity contribution in [3.05, 3.63) is 0 Å². The van der Waals surface area contributed by atoms with E-state index in [1.807, 2.05) is 0 Å². The lowest BCUT2D eigenvalue weighted by molar-refractivity contribution is 0.407. The number of nitrogens with two attached hydrogens (primary N) is 6. The molecule has 0 spiro atoms. The van der Waals surface area contributed by atoms with E-state index in [0.717, 1.165) is 38.8 Å². The van der Waals surface area contributed by atoms with Crippen LogP contribution in [-0.4, -0.2) is 25.4 Å². The van der Waals surface area contributed by atoms with Crippen molar-refractivity contribution >= 4 is 0 Å². The van der Waals surface area contributed by atoms with E-state index < -0.39 is 5.79 Å². The zero-order chi connectivity index (χ0) is 12.9. The molecule has 0 aliphatic heterocycles.